The molecule has 1 aliphatic rings. The third-order valence-corrected chi connectivity index (χ3v) is 3.54. The number of hydrogen-bond donors (Lipinski definition) is 1. The molecule has 0 bridgehead atoms. The van der Waals surface area contributed by atoms with Gasteiger partial charge in [0.05, 0.1) is 6.61 Å². The fourth-order valence-electron chi connectivity index (χ4n) is 2.22. The van der Waals surface area contributed by atoms with E-state index >= 15 is 0 Å². The highest BCUT2D eigenvalue weighted by Crippen LogP contribution is 2.35. The maximum Gasteiger partial charge on any atom is 0.0589 e. The number of rotatable bonds is 8. The van der Waals surface area contributed by atoms with Crippen LogP contribution in [0.25, 0.3) is 0 Å². The SMILES string of the molecule is CCC(C)N(CCOC)C(CN)C1CC1. The molecule has 0 aliphatic heterocycles. The summed E-state index contributed by atoms with van der Waals surface area (Å²) in [5, 5.41) is 0. The molecular formula is C12H26N2O. The third kappa shape index (κ3) is 3.74. The van der Waals surface area contributed by atoms with Crippen LogP contribution in [0, 0.1) is 5.92 Å². The van der Waals surface area contributed by atoms with Crippen molar-refractivity contribution in [1.29, 1.82) is 0 Å². The lowest BCUT2D eigenvalue weighted by atomic mass is 10.1. The molecule has 0 aromatic heterocycles. The summed E-state index contributed by atoms with van der Waals surface area (Å²) in [5.41, 5.74) is 5.90. The van der Waals surface area contributed by atoms with Gasteiger partial charge in [0.1, 0.15) is 0 Å². The van der Waals surface area contributed by atoms with Gasteiger partial charge in [-0.25, -0.2) is 0 Å². The van der Waals surface area contributed by atoms with Gasteiger partial charge >= 0.3 is 0 Å². The van der Waals surface area contributed by atoms with E-state index in [1.54, 1.807) is 7.11 Å². The first kappa shape index (κ1) is 12.9. The highest BCUT2D eigenvalue weighted by atomic mass is 16.5. The summed E-state index contributed by atoms with van der Waals surface area (Å²) in [7, 11) is 1.77. The fraction of sp³-hybridized carbons (Fsp3) is 1.00. The van der Waals surface area contributed by atoms with E-state index in [1.807, 2.05) is 0 Å². The van der Waals surface area contributed by atoms with E-state index in [9.17, 15) is 0 Å². The first-order valence-electron chi connectivity index (χ1n) is 6.19. The molecule has 90 valence electrons. The predicted molar refractivity (Wildman–Crippen MR) is 63.9 cm³/mol. The van der Waals surface area contributed by atoms with Gasteiger partial charge in [-0.3, -0.25) is 4.90 Å². The minimum atomic E-state index is 0.579. The number of methoxy groups -OCH3 is 1. The maximum absolute atomic E-state index is 5.90. The quantitative estimate of drug-likeness (QED) is 0.665. The van der Waals surface area contributed by atoms with E-state index in [4.69, 9.17) is 10.5 Å². The predicted octanol–water partition coefficient (Wildman–Crippen LogP) is 1.47. The van der Waals surface area contributed by atoms with Crippen LogP contribution in [-0.4, -0.2) is 43.8 Å². The first-order valence-corrected chi connectivity index (χ1v) is 6.19. The van der Waals surface area contributed by atoms with Crippen molar-refractivity contribution in [2.75, 3.05) is 26.8 Å². The Bertz CT molecular complexity index is 171. The summed E-state index contributed by atoms with van der Waals surface area (Å²) in [5.74, 6) is 0.848. The van der Waals surface area contributed by atoms with E-state index in [0.717, 1.165) is 25.6 Å². The van der Waals surface area contributed by atoms with Crippen LogP contribution in [0.15, 0.2) is 0 Å². The van der Waals surface area contributed by atoms with Crippen LogP contribution < -0.4 is 5.73 Å². The second-order valence-corrected chi connectivity index (χ2v) is 4.63. The van der Waals surface area contributed by atoms with Gasteiger partial charge in [-0.05, 0) is 32.1 Å². The van der Waals surface area contributed by atoms with Gasteiger partial charge in [-0.15, -0.1) is 0 Å². The van der Waals surface area contributed by atoms with Crippen molar-refractivity contribution in [3.05, 3.63) is 0 Å². The summed E-state index contributed by atoms with van der Waals surface area (Å²) < 4.78 is 5.18. The van der Waals surface area contributed by atoms with Crippen molar-refractivity contribution < 1.29 is 4.74 Å². The summed E-state index contributed by atoms with van der Waals surface area (Å²) in [4.78, 5) is 2.54. The number of hydrogen-bond acceptors (Lipinski definition) is 3. The van der Waals surface area contributed by atoms with Gasteiger partial charge in [0.15, 0.2) is 0 Å². The Balaban J connectivity index is 2.51. The molecule has 0 saturated heterocycles. The molecule has 0 amide bonds. The zero-order chi connectivity index (χ0) is 11.3. The molecule has 2 unspecified atom stereocenters. The Morgan fingerprint density at radius 1 is 1.47 bits per heavy atom. The van der Waals surface area contributed by atoms with Crippen LogP contribution in [0.4, 0.5) is 0 Å². The number of nitrogens with two attached hydrogens (primary N) is 1. The molecule has 1 aliphatic carbocycles. The van der Waals surface area contributed by atoms with Crippen LogP contribution in [0.2, 0.25) is 0 Å². The van der Waals surface area contributed by atoms with Crippen molar-refractivity contribution in [3.63, 3.8) is 0 Å². The molecule has 1 fully saturated rings. The van der Waals surface area contributed by atoms with Gasteiger partial charge in [0.2, 0.25) is 0 Å². The number of ether oxygens (including phenoxy) is 1. The molecule has 0 aromatic carbocycles. The average molecular weight is 214 g/mol. The van der Waals surface area contributed by atoms with Crippen molar-refractivity contribution in [1.82, 2.24) is 4.90 Å². The zero-order valence-electron chi connectivity index (χ0n) is 10.4. The van der Waals surface area contributed by atoms with Crippen LogP contribution in [0.5, 0.6) is 0 Å². The number of nitrogens with zero attached hydrogens (tertiary/aromatic N) is 1. The topological polar surface area (TPSA) is 38.5 Å². The Labute approximate surface area is 94.0 Å². The second-order valence-electron chi connectivity index (χ2n) is 4.63. The van der Waals surface area contributed by atoms with Crippen LogP contribution in [-0.2, 0) is 4.74 Å². The van der Waals surface area contributed by atoms with E-state index in [2.05, 4.69) is 18.7 Å². The minimum Gasteiger partial charge on any atom is -0.383 e. The molecule has 1 rings (SSSR count). The van der Waals surface area contributed by atoms with Crippen molar-refractivity contribution in [2.45, 2.75) is 45.2 Å². The lowest BCUT2D eigenvalue weighted by Gasteiger charge is -2.35. The summed E-state index contributed by atoms with van der Waals surface area (Å²) in [6, 6.07) is 1.20. The molecule has 15 heavy (non-hydrogen) atoms. The van der Waals surface area contributed by atoms with E-state index in [1.165, 1.54) is 19.3 Å². The van der Waals surface area contributed by atoms with Gasteiger partial charge in [0, 0.05) is 32.3 Å². The Kier molecular flexibility index (Phi) is 5.58. The lowest BCUT2D eigenvalue weighted by molar-refractivity contribution is 0.0817. The largest absolute Gasteiger partial charge is 0.383 e. The average Bonchev–Trinajstić information content (AvgIpc) is 3.07. The highest BCUT2D eigenvalue weighted by Gasteiger charge is 2.35. The molecule has 0 spiro atoms. The molecule has 1 saturated carbocycles. The van der Waals surface area contributed by atoms with Crippen molar-refractivity contribution in [2.24, 2.45) is 11.7 Å². The summed E-state index contributed by atoms with van der Waals surface area (Å²) in [6.45, 7) is 7.15. The van der Waals surface area contributed by atoms with Crippen LogP contribution in [0.3, 0.4) is 0 Å². The van der Waals surface area contributed by atoms with E-state index in [0.29, 0.717) is 12.1 Å². The van der Waals surface area contributed by atoms with Crippen LogP contribution >= 0.6 is 0 Å². The molecule has 3 heteroatoms. The Morgan fingerprint density at radius 2 is 2.13 bits per heavy atom. The second kappa shape index (κ2) is 6.46. The summed E-state index contributed by atoms with van der Waals surface area (Å²) >= 11 is 0. The van der Waals surface area contributed by atoms with E-state index in [-0.39, 0.29) is 0 Å². The Hall–Kier alpha value is -0.120. The van der Waals surface area contributed by atoms with Crippen molar-refractivity contribution >= 4 is 0 Å². The van der Waals surface area contributed by atoms with Crippen LogP contribution in [0.1, 0.15) is 33.1 Å². The monoisotopic (exact) mass is 214 g/mol. The first-order chi connectivity index (χ1) is 7.24. The molecule has 0 radical (unpaired) electrons. The summed E-state index contributed by atoms with van der Waals surface area (Å²) in [6.07, 6.45) is 3.91. The minimum absolute atomic E-state index is 0.579. The molecule has 2 N–H and O–H groups in total. The van der Waals surface area contributed by atoms with E-state index < -0.39 is 0 Å². The fourth-order valence-corrected chi connectivity index (χ4v) is 2.22. The molecule has 0 heterocycles. The van der Waals surface area contributed by atoms with Gasteiger partial charge < -0.3 is 10.5 Å². The maximum atomic E-state index is 5.90. The third-order valence-electron chi connectivity index (χ3n) is 3.54. The highest BCUT2D eigenvalue weighted by molar-refractivity contribution is 4.90. The smallest absolute Gasteiger partial charge is 0.0589 e. The molecule has 2 atom stereocenters. The Morgan fingerprint density at radius 3 is 2.53 bits per heavy atom. The normalized spacial score (nSPS) is 20.6. The zero-order valence-corrected chi connectivity index (χ0v) is 10.4. The lowest BCUT2D eigenvalue weighted by Crippen LogP contribution is -2.48. The standard InChI is InChI=1S/C12H26N2O/c1-4-10(2)14(7-8-15-3)12(9-13)11-5-6-11/h10-12H,4-9,13H2,1-3H3. The van der Waals surface area contributed by atoms with Crippen molar-refractivity contribution in [3.8, 4) is 0 Å². The van der Waals surface area contributed by atoms with Gasteiger partial charge in [-0.2, -0.15) is 0 Å². The van der Waals surface area contributed by atoms with Gasteiger partial charge in [-0.1, -0.05) is 6.92 Å². The van der Waals surface area contributed by atoms with Gasteiger partial charge in [0.25, 0.3) is 0 Å². The molecule has 0 aromatic rings. The molecule has 3 nitrogen and oxygen atoms in total. The molecular weight excluding hydrogens is 188 g/mol.